The topological polar surface area (TPSA) is 52.0 Å². The maximum atomic E-state index is 6.25. The molecular formula is C24H22N2. The summed E-state index contributed by atoms with van der Waals surface area (Å²) in [7, 11) is 0. The highest BCUT2D eigenvalue weighted by atomic mass is 14.9. The first kappa shape index (κ1) is 16.5. The molecule has 0 saturated heterocycles. The first-order chi connectivity index (χ1) is 12.6. The fraction of sp³-hybridized carbons (Fsp3) is 0.0833. The molecule has 4 rings (SSSR count). The summed E-state index contributed by atoms with van der Waals surface area (Å²) in [5, 5.41) is 0. The molecule has 2 heteroatoms. The van der Waals surface area contributed by atoms with Crippen LogP contribution in [0.25, 0.3) is 22.3 Å². The molecule has 0 aliphatic heterocycles. The zero-order valence-electron chi connectivity index (χ0n) is 14.6. The van der Waals surface area contributed by atoms with Crippen molar-refractivity contribution in [1.82, 2.24) is 0 Å². The number of hydrogen-bond donors (Lipinski definition) is 2. The third kappa shape index (κ3) is 3.25. The SMILES string of the molecule is NC1(N)C=CC(c2ccccc2-c2ccccc2)=C(c2ccccc2)C1. The van der Waals surface area contributed by atoms with Gasteiger partial charge >= 0.3 is 0 Å². The van der Waals surface area contributed by atoms with E-state index >= 15 is 0 Å². The van der Waals surface area contributed by atoms with Crippen molar-refractivity contribution in [3.05, 3.63) is 108 Å². The monoisotopic (exact) mass is 338 g/mol. The summed E-state index contributed by atoms with van der Waals surface area (Å²) in [6.07, 6.45) is 4.59. The molecule has 0 amide bonds. The zero-order chi connectivity index (χ0) is 18.0. The molecule has 3 aromatic carbocycles. The van der Waals surface area contributed by atoms with Gasteiger partial charge in [-0.05, 0) is 39.5 Å². The van der Waals surface area contributed by atoms with Crippen LogP contribution in [0.5, 0.6) is 0 Å². The van der Waals surface area contributed by atoms with E-state index in [0.29, 0.717) is 6.42 Å². The third-order valence-corrected chi connectivity index (χ3v) is 4.79. The molecule has 0 bridgehead atoms. The lowest BCUT2D eigenvalue weighted by atomic mass is 9.81. The quantitative estimate of drug-likeness (QED) is 0.672. The van der Waals surface area contributed by atoms with Crippen molar-refractivity contribution >= 4 is 11.1 Å². The van der Waals surface area contributed by atoms with Crippen LogP contribution in [0.3, 0.4) is 0 Å². The van der Waals surface area contributed by atoms with Gasteiger partial charge in [-0.25, -0.2) is 0 Å². The largest absolute Gasteiger partial charge is 0.310 e. The third-order valence-electron chi connectivity index (χ3n) is 4.79. The lowest BCUT2D eigenvalue weighted by Crippen LogP contribution is -2.48. The predicted octanol–water partition coefficient (Wildman–Crippen LogP) is 4.84. The summed E-state index contributed by atoms with van der Waals surface area (Å²) in [4.78, 5) is 0. The lowest BCUT2D eigenvalue weighted by molar-refractivity contribution is 0.566. The van der Waals surface area contributed by atoms with Crippen LogP contribution in [0.15, 0.2) is 97.1 Å². The van der Waals surface area contributed by atoms with Gasteiger partial charge in [0.1, 0.15) is 0 Å². The van der Waals surface area contributed by atoms with Gasteiger partial charge in [0, 0.05) is 6.42 Å². The molecule has 0 fully saturated rings. The van der Waals surface area contributed by atoms with E-state index in [0.717, 1.165) is 5.56 Å². The highest BCUT2D eigenvalue weighted by molar-refractivity contribution is 6.01. The Labute approximate surface area is 154 Å². The molecule has 0 saturated carbocycles. The fourth-order valence-corrected chi connectivity index (χ4v) is 3.54. The second-order valence-electron chi connectivity index (χ2n) is 6.79. The van der Waals surface area contributed by atoms with E-state index in [4.69, 9.17) is 11.5 Å². The van der Waals surface area contributed by atoms with Gasteiger partial charge in [0.15, 0.2) is 0 Å². The average Bonchev–Trinajstić information content (AvgIpc) is 2.69. The van der Waals surface area contributed by atoms with Crippen molar-refractivity contribution in [2.24, 2.45) is 11.5 Å². The van der Waals surface area contributed by atoms with Crippen molar-refractivity contribution < 1.29 is 0 Å². The van der Waals surface area contributed by atoms with Crippen LogP contribution >= 0.6 is 0 Å². The molecule has 3 aromatic rings. The van der Waals surface area contributed by atoms with Crippen LogP contribution in [0.2, 0.25) is 0 Å². The summed E-state index contributed by atoms with van der Waals surface area (Å²) >= 11 is 0. The highest BCUT2D eigenvalue weighted by Gasteiger charge is 2.26. The van der Waals surface area contributed by atoms with Crippen LogP contribution < -0.4 is 11.5 Å². The summed E-state index contributed by atoms with van der Waals surface area (Å²) < 4.78 is 0. The number of nitrogens with two attached hydrogens (primary N) is 2. The standard InChI is InChI=1S/C24H22N2/c25-24(26)16-15-22(23(17-24)19-11-5-2-6-12-19)21-14-8-7-13-20(21)18-9-3-1-4-10-18/h1-16H,17,25-26H2. The van der Waals surface area contributed by atoms with Crippen LogP contribution in [0.4, 0.5) is 0 Å². The van der Waals surface area contributed by atoms with Gasteiger partial charge in [-0.2, -0.15) is 0 Å². The Balaban J connectivity index is 1.93. The molecular weight excluding hydrogens is 316 g/mol. The van der Waals surface area contributed by atoms with Gasteiger partial charge < -0.3 is 11.5 Å². The minimum absolute atomic E-state index is 0.603. The molecule has 0 spiro atoms. The average molecular weight is 338 g/mol. The lowest BCUT2D eigenvalue weighted by Gasteiger charge is -2.29. The second kappa shape index (κ2) is 6.75. The molecule has 128 valence electrons. The van der Waals surface area contributed by atoms with Crippen molar-refractivity contribution in [2.45, 2.75) is 12.1 Å². The van der Waals surface area contributed by atoms with Gasteiger partial charge in [0.2, 0.25) is 0 Å². The molecule has 0 radical (unpaired) electrons. The number of hydrogen-bond acceptors (Lipinski definition) is 2. The van der Waals surface area contributed by atoms with E-state index < -0.39 is 5.66 Å². The van der Waals surface area contributed by atoms with E-state index in [1.54, 1.807) is 0 Å². The minimum Gasteiger partial charge on any atom is -0.310 e. The van der Waals surface area contributed by atoms with Gasteiger partial charge in [-0.1, -0.05) is 91.0 Å². The summed E-state index contributed by atoms with van der Waals surface area (Å²) in [6, 6.07) is 29.3. The molecule has 1 aliphatic carbocycles. The van der Waals surface area contributed by atoms with Gasteiger partial charge in [-0.15, -0.1) is 0 Å². The summed E-state index contributed by atoms with van der Waals surface area (Å²) in [5.41, 5.74) is 18.8. The van der Waals surface area contributed by atoms with Crippen LogP contribution in [0, 0.1) is 0 Å². The Kier molecular flexibility index (Phi) is 4.29. The molecule has 0 atom stereocenters. The van der Waals surface area contributed by atoms with E-state index in [1.165, 1.54) is 27.8 Å². The van der Waals surface area contributed by atoms with E-state index in [2.05, 4.69) is 78.9 Å². The molecule has 0 aromatic heterocycles. The molecule has 2 nitrogen and oxygen atoms in total. The van der Waals surface area contributed by atoms with Crippen molar-refractivity contribution in [2.75, 3.05) is 0 Å². The van der Waals surface area contributed by atoms with Gasteiger partial charge in [0.05, 0.1) is 5.66 Å². The highest BCUT2D eigenvalue weighted by Crippen LogP contribution is 2.39. The molecule has 4 N–H and O–H groups in total. The van der Waals surface area contributed by atoms with Crippen molar-refractivity contribution in [1.29, 1.82) is 0 Å². The normalized spacial score (nSPS) is 15.9. The van der Waals surface area contributed by atoms with Gasteiger partial charge in [-0.3, -0.25) is 0 Å². The Bertz CT molecular complexity index is 967. The van der Waals surface area contributed by atoms with Crippen LogP contribution in [-0.2, 0) is 0 Å². The van der Waals surface area contributed by atoms with E-state index in [9.17, 15) is 0 Å². The summed E-state index contributed by atoms with van der Waals surface area (Å²) in [5.74, 6) is 0. The Hall–Kier alpha value is -2.94. The molecule has 1 aliphatic rings. The maximum Gasteiger partial charge on any atom is 0.0873 e. The van der Waals surface area contributed by atoms with E-state index in [-0.39, 0.29) is 0 Å². The molecule has 26 heavy (non-hydrogen) atoms. The first-order valence-corrected chi connectivity index (χ1v) is 8.84. The molecule has 0 unspecified atom stereocenters. The van der Waals surface area contributed by atoms with Crippen LogP contribution in [0.1, 0.15) is 17.5 Å². The van der Waals surface area contributed by atoms with Crippen LogP contribution in [-0.4, -0.2) is 5.66 Å². The number of allylic oxidation sites excluding steroid dienone is 2. The van der Waals surface area contributed by atoms with Crippen molar-refractivity contribution in [3.8, 4) is 11.1 Å². The van der Waals surface area contributed by atoms with Crippen molar-refractivity contribution in [3.63, 3.8) is 0 Å². The maximum absolute atomic E-state index is 6.25. The first-order valence-electron chi connectivity index (χ1n) is 8.84. The fourth-order valence-electron chi connectivity index (χ4n) is 3.54. The number of benzene rings is 3. The predicted molar refractivity (Wildman–Crippen MR) is 110 cm³/mol. The Morgan fingerprint density at radius 3 is 1.81 bits per heavy atom. The van der Waals surface area contributed by atoms with Gasteiger partial charge in [0.25, 0.3) is 0 Å². The summed E-state index contributed by atoms with van der Waals surface area (Å²) in [6.45, 7) is 0. The Morgan fingerprint density at radius 2 is 1.15 bits per heavy atom. The van der Waals surface area contributed by atoms with E-state index in [1.807, 2.05) is 18.2 Å². The minimum atomic E-state index is -0.823. The Morgan fingerprint density at radius 1 is 0.615 bits per heavy atom. The molecule has 0 heterocycles. The zero-order valence-corrected chi connectivity index (χ0v) is 14.6. The number of rotatable bonds is 3. The smallest absolute Gasteiger partial charge is 0.0873 e. The second-order valence-corrected chi connectivity index (χ2v) is 6.79.